The number of allylic oxidation sites excluding steroid dienone is 1. The highest BCUT2D eigenvalue weighted by Crippen LogP contribution is 2.48. The second kappa shape index (κ2) is 11.9. The van der Waals surface area contributed by atoms with E-state index in [0.29, 0.717) is 36.7 Å². The fraction of sp³-hybridized carbons (Fsp3) is 0.229. The molecule has 0 bridgehead atoms. The lowest BCUT2D eigenvalue weighted by Gasteiger charge is -2.31. The van der Waals surface area contributed by atoms with Crippen molar-refractivity contribution >= 4 is 17.2 Å². The molecule has 4 aromatic carbocycles. The minimum Gasteiger partial charge on any atom is -0.493 e. The van der Waals surface area contributed by atoms with E-state index in [1.165, 1.54) is 0 Å². The van der Waals surface area contributed by atoms with Crippen molar-refractivity contribution in [1.29, 1.82) is 0 Å². The van der Waals surface area contributed by atoms with Crippen molar-refractivity contribution in [2.75, 3.05) is 32.0 Å². The number of hydrogen-bond donors (Lipinski definition) is 2. The zero-order chi connectivity index (χ0) is 29.1. The second-order valence-corrected chi connectivity index (χ2v) is 10.4. The molecule has 1 aliphatic carbocycles. The zero-order valence-corrected chi connectivity index (χ0v) is 24.0. The number of anilines is 2. The summed E-state index contributed by atoms with van der Waals surface area (Å²) >= 11 is 0. The summed E-state index contributed by atoms with van der Waals surface area (Å²) in [5.41, 5.74) is 6.42. The highest BCUT2D eigenvalue weighted by molar-refractivity contribution is 6.01. The predicted octanol–water partition coefficient (Wildman–Crippen LogP) is 7.27. The summed E-state index contributed by atoms with van der Waals surface area (Å²) in [6, 6.07) is 29.6. The van der Waals surface area contributed by atoms with E-state index in [1.807, 2.05) is 91.0 Å². The normalized spacial score (nSPS) is 17.6. The summed E-state index contributed by atoms with van der Waals surface area (Å²) in [6.07, 6.45) is 0.986. The topological polar surface area (TPSA) is 78.1 Å². The molecular weight excluding hydrogens is 528 g/mol. The average molecular weight is 563 g/mol. The fourth-order valence-corrected chi connectivity index (χ4v) is 5.88. The van der Waals surface area contributed by atoms with E-state index in [9.17, 15) is 4.79 Å². The molecule has 7 nitrogen and oxygen atoms in total. The van der Waals surface area contributed by atoms with Gasteiger partial charge >= 0.3 is 0 Å². The van der Waals surface area contributed by atoms with Gasteiger partial charge in [-0.25, -0.2) is 0 Å². The van der Waals surface area contributed by atoms with E-state index < -0.39 is 6.04 Å². The third-order valence-corrected chi connectivity index (χ3v) is 7.93. The molecule has 0 amide bonds. The molecule has 7 heteroatoms. The van der Waals surface area contributed by atoms with Crippen LogP contribution in [0.2, 0.25) is 0 Å². The van der Waals surface area contributed by atoms with Crippen molar-refractivity contribution in [2.24, 2.45) is 0 Å². The molecule has 0 saturated heterocycles. The van der Waals surface area contributed by atoms with Crippen LogP contribution in [0, 0.1) is 0 Å². The minimum absolute atomic E-state index is 0.0747. The molecule has 0 radical (unpaired) electrons. The Morgan fingerprint density at radius 1 is 0.738 bits per heavy atom. The standard InChI is InChI=1S/C35H34N2O5/c1-39-31-19-24(20-32(40-2)35(31)41-3)23-17-28-33(29(38)18-23)34(37-27-15-9-8-14-26(27)36-28)25-13-7-10-16-30(25)42-21-22-11-5-4-6-12-22/h4-16,19-20,23,34,36-37H,17-18,21H2,1-3H3/t23-,34+/m0/s1. The zero-order valence-electron chi connectivity index (χ0n) is 24.0. The number of ketones is 1. The Morgan fingerprint density at radius 3 is 2.12 bits per heavy atom. The molecule has 0 fully saturated rings. The Balaban J connectivity index is 1.41. The van der Waals surface area contributed by atoms with Crippen LogP contribution in [0.15, 0.2) is 102 Å². The second-order valence-electron chi connectivity index (χ2n) is 10.4. The number of hydrogen-bond acceptors (Lipinski definition) is 7. The number of para-hydroxylation sites is 3. The van der Waals surface area contributed by atoms with Crippen molar-refractivity contribution in [3.05, 3.63) is 119 Å². The summed E-state index contributed by atoms with van der Waals surface area (Å²) in [6.45, 7) is 0.433. The summed E-state index contributed by atoms with van der Waals surface area (Å²) in [7, 11) is 4.79. The smallest absolute Gasteiger partial charge is 0.203 e. The van der Waals surface area contributed by atoms with Gasteiger partial charge in [-0.15, -0.1) is 0 Å². The minimum atomic E-state index is -0.392. The summed E-state index contributed by atoms with van der Waals surface area (Å²) < 4.78 is 23.1. The molecule has 0 spiro atoms. The van der Waals surface area contributed by atoms with E-state index in [1.54, 1.807) is 21.3 Å². The van der Waals surface area contributed by atoms with Crippen LogP contribution in [0.5, 0.6) is 23.0 Å². The first-order valence-electron chi connectivity index (χ1n) is 14.0. The number of ether oxygens (including phenoxy) is 4. The van der Waals surface area contributed by atoms with Gasteiger partial charge in [0.25, 0.3) is 0 Å². The highest BCUT2D eigenvalue weighted by atomic mass is 16.5. The molecule has 2 atom stereocenters. The van der Waals surface area contributed by atoms with Gasteiger partial charge in [-0.1, -0.05) is 60.7 Å². The van der Waals surface area contributed by atoms with Crippen molar-refractivity contribution in [1.82, 2.24) is 0 Å². The molecule has 0 saturated carbocycles. The maximum absolute atomic E-state index is 14.2. The summed E-state index contributed by atoms with van der Waals surface area (Å²) in [5.74, 6) is 2.41. The van der Waals surface area contributed by atoms with Crippen LogP contribution < -0.4 is 29.6 Å². The lowest BCUT2D eigenvalue weighted by molar-refractivity contribution is -0.116. The number of Topliss-reactive ketones (excluding diaryl/α,β-unsaturated/α-hetero) is 1. The van der Waals surface area contributed by atoms with Gasteiger partial charge in [0.2, 0.25) is 5.75 Å². The van der Waals surface area contributed by atoms with Crippen LogP contribution in [-0.4, -0.2) is 27.1 Å². The Kier molecular flexibility index (Phi) is 7.73. The monoisotopic (exact) mass is 562 g/mol. The van der Waals surface area contributed by atoms with Crippen LogP contribution in [0.4, 0.5) is 11.4 Å². The number of carbonyl (C=O) groups is 1. The van der Waals surface area contributed by atoms with Crippen molar-refractivity contribution in [3.8, 4) is 23.0 Å². The molecule has 2 aliphatic rings. The Bertz CT molecular complexity index is 1610. The van der Waals surface area contributed by atoms with Crippen LogP contribution in [0.25, 0.3) is 0 Å². The molecule has 1 heterocycles. The number of benzene rings is 4. The Hall–Kier alpha value is -4.91. The van der Waals surface area contributed by atoms with E-state index in [4.69, 9.17) is 18.9 Å². The van der Waals surface area contributed by atoms with E-state index in [0.717, 1.165) is 45.1 Å². The van der Waals surface area contributed by atoms with Crippen LogP contribution in [0.3, 0.4) is 0 Å². The van der Waals surface area contributed by atoms with Crippen molar-refractivity contribution in [3.63, 3.8) is 0 Å². The van der Waals surface area contributed by atoms with Crippen LogP contribution >= 0.6 is 0 Å². The van der Waals surface area contributed by atoms with Gasteiger partial charge in [0.1, 0.15) is 12.4 Å². The largest absolute Gasteiger partial charge is 0.493 e. The van der Waals surface area contributed by atoms with Gasteiger partial charge in [-0.3, -0.25) is 4.79 Å². The van der Waals surface area contributed by atoms with Crippen molar-refractivity contribution in [2.45, 2.75) is 31.4 Å². The summed E-state index contributed by atoms with van der Waals surface area (Å²) in [4.78, 5) is 14.2. The molecule has 1 aliphatic heterocycles. The average Bonchev–Trinajstić information content (AvgIpc) is 3.20. The number of rotatable bonds is 8. The van der Waals surface area contributed by atoms with Gasteiger partial charge < -0.3 is 29.6 Å². The molecule has 0 unspecified atom stereocenters. The maximum Gasteiger partial charge on any atom is 0.203 e. The first-order valence-corrected chi connectivity index (χ1v) is 14.0. The van der Waals surface area contributed by atoms with Crippen molar-refractivity contribution < 1.29 is 23.7 Å². The van der Waals surface area contributed by atoms with Crippen LogP contribution in [0.1, 0.15) is 41.5 Å². The van der Waals surface area contributed by atoms with Gasteiger partial charge in [-0.2, -0.15) is 0 Å². The van der Waals surface area contributed by atoms with Gasteiger partial charge in [0.15, 0.2) is 17.3 Å². The lowest BCUT2D eigenvalue weighted by Crippen LogP contribution is -2.27. The van der Waals surface area contributed by atoms with Gasteiger partial charge in [0.05, 0.1) is 38.7 Å². The Morgan fingerprint density at radius 2 is 1.40 bits per heavy atom. The lowest BCUT2D eigenvalue weighted by atomic mass is 9.78. The predicted molar refractivity (Wildman–Crippen MR) is 164 cm³/mol. The molecule has 2 N–H and O–H groups in total. The molecule has 4 aromatic rings. The summed E-state index contributed by atoms with van der Waals surface area (Å²) in [5, 5.41) is 7.29. The molecule has 214 valence electrons. The number of methoxy groups -OCH3 is 3. The van der Waals surface area contributed by atoms with E-state index in [2.05, 4.69) is 10.6 Å². The SMILES string of the molecule is COc1cc([C@@H]2CC(=O)C3=C(C2)Nc2ccccc2N[C@@H]3c2ccccc2OCc2ccccc2)cc(OC)c1OC. The first kappa shape index (κ1) is 27.3. The molecule has 0 aromatic heterocycles. The van der Waals surface area contributed by atoms with Crippen LogP contribution in [-0.2, 0) is 11.4 Å². The molecular formula is C35H34N2O5. The Labute approximate surface area is 246 Å². The molecule has 42 heavy (non-hydrogen) atoms. The fourth-order valence-electron chi connectivity index (χ4n) is 5.88. The number of carbonyl (C=O) groups excluding carboxylic acids is 1. The third kappa shape index (κ3) is 5.26. The van der Waals surface area contributed by atoms with E-state index >= 15 is 0 Å². The first-order chi connectivity index (χ1) is 20.6. The highest BCUT2D eigenvalue weighted by Gasteiger charge is 2.37. The molecule has 6 rings (SSSR count). The van der Waals surface area contributed by atoms with Gasteiger partial charge in [-0.05, 0) is 53.8 Å². The number of nitrogens with one attached hydrogen (secondary N) is 2. The maximum atomic E-state index is 14.2. The van der Waals surface area contributed by atoms with Gasteiger partial charge in [0, 0.05) is 23.3 Å². The van der Waals surface area contributed by atoms with E-state index in [-0.39, 0.29) is 11.7 Å². The quantitative estimate of drug-likeness (QED) is 0.234. The number of fused-ring (bicyclic) bond motifs is 1. The third-order valence-electron chi connectivity index (χ3n) is 7.93.